The topological polar surface area (TPSA) is 152 Å². The molecule has 0 bridgehead atoms. The van der Waals surface area contributed by atoms with Gasteiger partial charge in [-0.2, -0.15) is 0 Å². The number of esters is 1. The van der Waals surface area contributed by atoms with E-state index in [-0.39, 0.29) is 18.6 Å². The molecule has 6 rings (SSSR count). The van der Waals surface area contributed by atoms with Crippen LogP contribution >= 0.6 is 0 Å². The van der Waals surface area contributed by atoms with Crippen molar-refractivity contribution in [3.8, 4) is 22.9 Å². The van der Waals surface area contributed by atoms with Crippen LogP contribution in [0.5, 0.6) is 11.5 Å². The first-order valence-corrected chi connectivity index (χ1v) is 15.2. The summed E-state index contributed by atoms with van der Waals surface area (Å²) in [6.45, 7) is 13.0. The number of hydrogen-bond acceptors (Lipinski definition) is 10. The second-order valence-electron chi connectivity index (χ2n) is 11.1. The predicted molar refractivity (Wildman–Crippen MR) is 163 cm³/mol. The van der Waals surface area contributed by atoms with Crippen molar-refractivity contribution in [1.29, 1.82) is 0 Å². The smallest absolute Gasteiger partial charge is 0.343 e. The molecule has 0 saturated heterocycles. The summed E-state index contributed by atoms with van der Waals surface area (Å²) >= 11 is 0. The lowest BCUT2D eigenvalue weighted by Gasteiger charge is -2.31. The molecule has 12 nitrogen and oxygen atoms in total. The number of aliphatic carboxylic acids is 1. The van der Waals surface area contributed by atoms with Crippen molar-refractivity contribution in [3.63, 3.8) is 0 Å². The monoisotopic (exact) mass is 608 g/mol. The van der Waals surface area contributed by atoms with Crippen molar-refractivity contribution in [1.82, 2.24) is 19.8 Å². The Bertz CT molecular complexity index is 1640. The number of rotatable bonds is 9. The Morgan fingerprint density at radius 1 is 1.05 bits per heavy atom. The normalized spacial score (nSPS) is 17.8. The van der Waals surface area contributed by atoms with Crippen LogP contribution in [0.2, 0.25) is 0 Å². The fourth-order valence-electron chi connectivity index (χ4n) is 6.10. The number of carbonyl (C=O) groups excluding carboxylic acids is 1. The van der Waals surface area contributed by atoms with Crippen molar-refractivity contribution in [2.75, 3.05) is 45.9 Å². The summed E-state index contributed by atoms with van der Waals surface area (Å²) in [6.07, 6.45) is 0.843. The highest BCUT2D eigenvalue weighted by molar-refractivity contribution is 5.91. The lowest BCUT2D eigenvalue weighted by molar-refractivity contribution is -0.172. The minimum atomic E-state index is -1.86. The van der Waals surface area contributed by atoms with Gasteiger partial charge in [0.05, 0.1) is 29.0 Å². The van der Waals surface area contributed by atoms with Crippen molar-refractivity contribution in [2.24, 2.45) is 0 Å². The second kappa shape index (κ2) is 12.9. The molecule has 1 aromatic carbocycles. The Labute approximate surface area is 255 Å². The molecule has 0 radical (unpaired) electrons. The summed E-state index contributed by atoms with van der Waals surface area (Å²) in [5, 5.41) is 23.2. The van der Waals surface area contributed by atoms with E-state index in [2.05, 4.69) is 24.1 Å². The van der Waals surface area contributed by atoms with Crippen LogP contribution in [0.1, 0.15) is 56.4 Å². The van der Waals surface area contributed by atoms with E-state index in [1.54, 1.807) is 17.6 Å². The molecule has 1 unspecified atom stereocenters. The van der Waals surface area contributed by atoms with E-state index < -0.39 is 17.5 Å². The first-order chi connectivity index (χ1) is 21.1. The summed E-state index contributed by atoms with van der Waals surface area (Å²) in [5.41, 5.74) is 2.65. The molecule has 3 N–H and O–H groups in total. The molecule has 1 atom stereocenters. The number of pyridine rings is 2. The molecule has 12 heteroatoms. The third-order valence-corrected chi connectivity index (χ3v) is 8.52. The molecule has 3 aromatic rings. The Hall–Kier alpha value is -4.00. The van der Waals surface area contributed by atoms with E-state index in [1.807, 2.05) is 12.1 Å². The fourth-order valence-corrected chi connectivity index (χ4v) is 6.10. The number of likely N-dealkylation sites (N-methyl/N-ethyl adjacent to an activating group) is 1. The van der Waals surface area contributed by atoms with Gasteiger partial charge in [-0.3, -0.25) is 9.59 Å². The van der Waals surface area contributed by atoms with E-state index in [0.717, 1.165) is 68.1 Å². The molecule has 5 heterocycles. The standard InChI is InChI=1S/C30H36N4O6.C2H4O2/c1-4-30(37)22-14-24-27-20(16-34(24)28(35)21(22)17-40-29(30)36)18(7-8-31-9-10-33(5-2)6-3)19-13-25-26(15-23(19)32-27)39-12-11-38-25;1-2(3)4/h13-15,31,37H,4-12,16-17H2,1-3H3;1H3,(H,3,4). The van der Waals surface area contributed by atoms with Crippen LogP contribution in [0.3, 0.4) is 0 Å². The number of aliphatic hydroxyl groups is 1. The molecule has 2 aromatic heterocycles. The highest BCUT2D eigenvalue weighted by Crippen LogP contribution is 2.42. The van der Waals surface area contributed by atoms with E-state index in [4.69, 9.17) is 29.1 Å². The number of cyclic esters (lactones) is 1. The second-order valence-corrected chi connectivity index (χ2v) is 11.1. The van der Waals surface area contributed by atoms with Crippen LogP contribution in [0.25, 0.3) is 22.3 Å². The van der Waals surface area contributed by atoms with Gasteiger partial charge in [0, 0.05) is 42.6 Å². The van der Waals surface area contributed by atoms with Crippen LogP contribution in [0, 0.1) is 0 Å². The molecular weight excluding hydrogens is 568 g/mol. The Morgan fingerprint density at radius 3 is 2.39 bits per heavy atom. The van der Waals surface area contributed by atoms with Gasteiger partial charge in [-0.25, -0.2) is 9.78 Å². The molecule has 3 aliphatic heterocycles. The number of benzene rings is 1. The molecular formula is C32H40N4O8. The summed E-state index contributed by atoms with van der Waals surface area (Å²) in [6, 6.07) is 5.66. The molecule has 0 fully saturated rings. The third-order valence-electron chi connectivity index (χ3n) is 8.52. The number of carboxylic acid groups (broad SMARTS) is 1. The number of aromatic nitrogens is 2. The average molecular weight is 609 g/mol. The molecule has 3 aliphatic rings. The zero-order valence-corrected chi connectivity index (χ0v) is 25.7. The predicted octanol–water partition coefficient (Wildman–Crippen LogP) is 2.42. The highest BCUT2D eigenvalue weighted by Gasteiger charge is 2.45. The summed E-state index contributed by atoms with van der Waals surface area (Å²) in [4.78, 5) is 42.6. The number of ether oxygens (including phenoxy) is 3. The Balaban J connectivity index is 0.000000906. The lowest BCUT2D eigenvalue weighted by Crippen LogP contribution is -2.44. The van der Waals surface area contributed by atoms with E-state index in [9.17, 15) is 14.7 Å². The van der Waals surface area contributed by atoms with Gasteiger partial charge in [0.25, 0.3) is 11.5 Å². The molecule has 0 amide bonds. The van der Waals surface area contributed by atoms with Gasteiger partial charge in [-0.1, -0.05) is 20.8 Å². The average Bonchev–Trinajstić information content (AvgIpc) is 3.38. The van der Waals surface area contributed by atoms with Gasteiger partial charge >= 0.3 is 5.97 Å². The quantitative estimate of drug-likeness (QED) is 0.190. The van der Waals surface area contributed by atoms with Crippen molar-refractivity contribution in [3.05, 3.63) is 50.8 Å². The molecule has 236 valence electrons. The van der Waals surface area contributed by atoms with Crippen molar-refractivity contribution < 1.29 is 34.0 Å². The summed E-state index contributed by atoms with van der Waals surface area (Å²) in [7, 11) is 0. The molecule has 0 saturated carbocycles. The summed E-state index contributed by atoms with van der Waals surface area (Å²) in [5.74, 6) is -0.210. The fraction of sp³-hybridized carbons (Fsp3) is 0.500. The first kappa shape index (κ1) is 31.4. The highest BCUT2D eigenvalue weighted by atomic mass is 16.6. The van der Waals surface area contributed by atoms with Gasteiger partial charge in [0.15, 0.2) is 17.1 Å². The van der Waals surface area contributed by atoms with Gasteiger partial charge in [-0.05, 0) is 50.2 Å². The minimum absolute atomic E-state index is 0.105. The number of fused-ring (bicyclic) bond motifs is 6. The lowest BCUT2D eigenvalue weighted by atomic mass is 9.86. The van der Waals surface area contributed by atoms with Crippen LogP contribution in [0.4, 0.5) is 0 Å². The molecule has 0 aliphatic carbocycles. The van der Waals surface area contributed by atoms with Crippen molar-refractivity contribution >= 4 is 22.8 Å². The van der Waals surface area contributed by atoms with Gasteiger partial charge in [-0.15, -0.1) is 0 Å². The van der Waals surface area contributed by atoms with Gasteiger partial charge in [0.2, 0.25) is 0 Å². The van der Waals surface area contributed by atoms with Crippen LogP contribution in [-0.4, -0.2) is 82.5 Å². The third kappa shape index (κ3) is 5.76. The molecule has 0 spiro atoms. The number of hydrogen-bond donors (Lipinski definition) is 3. The zero-order chi connectivity index (χ0) is 31.6. The SMILES string of the molecule is CC(=O)O.CCN(CC)CCNCCc1c2c(nc3cc4c(cc13)OCCO4)-c1cc3c(c(=O)n1C2)COC(=O)C3(O)CC. The van der Waals surface area contributed by atoms with Crippen LogP contribution in [-0.2, 0) is 39.5 Å². The number of carbonyl (C=O) groups is 2. The maximum absolute atomic E-state index is 13.7. The van der Waals surface area contributed by atoms with Crippen LogP contribution < -0.4 is 20.3 Å². The van der Waals surface area contributed by atoms with E-state index in [0.29, 0.717) is 53.8 Å². The number of carboxylic acids is 1. The largest absolute Gasteiger partial charge is 0.486 e. The van der Waals surface area contributed by atoms with E-state index >= 15 is 0 Å². The molecule has 44 heavy (non-hydrogen) atoms. The maximum atomic E-state index is 13.7. The van der Waals surface area contributed by atoms with Gasteiger partial charge in [0.1, 0.15) is 19.8 Å². The van der Waals surface area contributed by atoms with Gasteiger partial charge < -0.3 is 39.2 Å². The number of nitrogens with zero attached hydrogens (tertiary/aromatic N) is 3. The zero-order valence-electron chi connectivity index (χ0n) is 25.7. The van der Waals surface area contributed by atoms with Crippen LogP contribution in [0.15, 0.2) is 23.0 Å². The maximum Gasteiger partial charge on any atom is 0.343 e. The van der Waals surface area contributed by atoms with E-state index in [1.165, 1.54) is 0 Å². The summed E-state index contributed by atoms with van der Waals surface area (Å²) < 4.78 is 18.6. The number of nitrogens with one attached hydrogen (secondary N) is 1. The Kier molecular flexibility index (Phi) is 9.23. The first-order valence-electron chi connectivity index (χ1n) is 15.2. The van der Waals surface area contributed by atoms with Crippen molar-refractivity contribution in [2.45, 2.75) is 59.3 Å². The Morgan fingerprint density at radius 2 is 1.73 bits per heavy atom. The minimum Gasteiger partial charge on any atom is -0.486 e.